The summed E-state index contributed by atoms with van der Waals surface area (Å²) >= 11 is 6.04. The summed E-state index contributed by atoms with van der Waals surface area (Å²) in [6.45, 7) is 5.27. The third-order valence-corrected chi connectivity index (χ3v) is 5.39. The summed E-state index contributed by atoms with van der Waals surface area (Å²) in [6, 6.07) is 5.14. The van der Waals surface area contributed by atoms with Crippen LogP contribution in [0.1, 0.15) is 12.0 Å². The molecule has 2 fully saturated rings. The first-order valence-electron chi connectivity index (χ1n) is 8.78. The molecule has 0 aromatic heterocycles. The van der Waals surface area contributed by atoms with Gasteiger partial charge in [-0.3, -0.25) is 14.5 Å². The number of anilines is 1. The van der Waals surface area contributed by atoms with Crippen LogP contribution in [-0.2, 0) is 14.3 Å². The minimum Gasteiger partial charge on any atom is -0.390 e. The number of aliphatic hydroxyl groups is 1. The van der Waals surface area contributed by atoms with Crippen LogP contribution in [0.2, 0.25) is 5.02 Å². The quantitative estimate of drug-likeness (QED) is 0.757. The molecule has 2 atom stereocenters. The number of carbonyl (C=O) groups is 2. The fourth-order valence-corrected chi connectivity index (χ4v) is 3.60. The van der Waals surface area contributed by atoms with Crippen LogP contribution in [0.3, 0.4) is 0 Å². The Morgan fingerprint density at radius 1 is 1.31 bits per heavy atom. The van der Waals surface area contributed by atoms with Gasteiger partial charge in [-0.2, -0.15) is 0 Å². The Balaban J connectivity index is 1.54. The zero-order chi connectivity index (χ0) is 18.7. The van der Waals surface area contributed by atoms with E-state index in [1.54, 1.807) is 23.1 Å². The van der Waals surface area contributed by atoms with Gasteiger partial charge in [0, 0.05) is 36.9 Å². The van der Waals surface area contributed by atoms with Gasteiger partial charge in [0.1, 0.15) is 6.42 Å². The van der Waals surface area contributed by atoms with Crippen LogP contribution in [0.4, 0.5) is 5.69 Å². The lowest BCUT2D eigenvalue weighted by atomic mass is 10.1. The first-order valence-corrected chi connectivity index (χ1v) is 9.16. The zero-order valence-corrected chi connectivity index (χ0v) is 15.5. The van der Waals surface area contributed by atoms with Gasteiger partial charge in [-0.05, 0) is 24.6 Å². The Labute approximate surface area is 157 Å². The molecule has 142 valence electrons. The number of halogens is 1. The Morgan fingerprint density at radius 3 is 2.77 bits per heavy atom. The molecule has 7 nitrogen and oxygen atoms in total. The van der Waals surface area contributed by atoms with E-state index in [4.69, 9.17) is 16.3 Å². The third kappa shape index (κ3) is 4.35. The van der Waals surface area contributed by atoms with Crippen LogP contribution >= 0.6 is 11.6 Å². The van der Waals surface area contributed by atoms with E-state index in [1.165, 1.54) is 0 Å². The molecule has 2 aliphatic heterocycles. The second-order valence-corrected chi connectivity index (χ2v) is 7.13. The van der Waals surface area contributed by atoms with E-state index < -0.39 is 6.10 Å². The Kier molecular flexibility index (Phi) is 6.13. The number of hydrogen-bond acceptors (Lipinski definition) is 5. The van der Waals surface area contributed by atoms with E-state index >= 15 is 0 Å². The number of rotatable bonds is 4. The first kappa shape index (κ1) is 19.1. The second kappa shape index (κ2) is 8.35. The number of carbonyl (C=O) groups excluding carboxylic acids is 2. The van der Waals surface area contributed by atoms with E-state index in [9.17, 15) is 14.7 Å². The average molecular weight is 382 g/mol. The van der Waals surface area contributed by atoms with Crippen LogP contribution in [0.15, 0.2) is 18.2 Å². The molecular weight excluding hydrogens is 358 g/mol. The summed E-state index contributed by atoms with van der Waals surface area (Å²) in [6.07, 6.45) is -0.857. The van der Waals surface area contributed by atoms with Crippen molar-refractivity contribution in [3.63, 3.8) is 0 Å². The molecule has 2 aliphatic rings. The fourth-order valence-electron chi connectivity index (χ4n) is 3.43. The van der Waals surface area contributed by atoms with Crippen molar-refractivity contribution < 1.29 is 19.4 Å². The van der Waals surface area contributed by atoms with Crippen molar-refractivity contribution in [1.82, 2.24) is 9.80 Å². The molecule has 0 bridgehead atoms. The van der Waals surface area contributed by atoms with Gasteiger partial charge in [0.05, 0.1) is 25.4 Å². The van der Waals surface area contributed by atoms with Crippen LogP contribution in [0.25, 0.3) is 0 Å². The van der Waals surface area contributed by atoms with E-state index in [-0.39, 0.29) is 30.8 Å². The van der Waals surface area contributed by atoms with Gasteiger partial charge in [-0.15, -0.1) is 0 Å². The molecule has 0 aliphatic carbocycles. The fraction of sp³-hybridized carbons (Fsp3) is 0.556. The highest BCUT2D eigenvalue weighted by Gasteiger charge is 2.38. The van der Waals surface area contributed by atoms with Crippen molar-refractivity contribution >= 4 is 29.1 Å². The zero-order valence-electron chi connectivity index (χ0n) is 14.8. The maximum absolute atomic E-state index is 12.5. The van der Waals surface area contributed by atoms with Gasteiger partial charge < -0.3 is 20.1 Å². The first-order chi connectivity index (χ1) is 12.5. The smallest absolute Gasteiger partial charge is 0.233 e. The standard InChI is InChI=1S/C18H24ClN3O4/c1-12-13(19)3-2-4-14(12)20-17(24)9-18(25)22-10-15(16(23)11-22)21-5-7-26-8-6-21/h2-4,15-16,23H,5-11H2,1H3,(H,20,24)/t15-,16-/m0/s1. The molecular formula is C18H24ClN3O4. The number of benzene rings is 1. The highest BCUT2D eigenvalue weighted by molar-refractivity contribution is 6.31. The highest BCUT2D eigenvalue weighted by Crippen LogP contribution is 2.23. The van der Waals surface area contributed by atoms with Crippen molar-refractivity contribution in [2.45, 2.75) is 25.5 Å². The monoisotopic (exact) mass is 381 g/mol. The number of nitrogens with zero attached hydrogens (tertiary/aromatic N) is 2. The van der Waals surface area contributed by atoms with E-state index in [0.29, 0.717) is 30.5 Å². The molecule has 8 heteroatoms. The van der Waals surface area contributed by atoms with E-state index in [1.807, 2.05) is 6.92 Å². The number of likely N-dealkylation sites (tertiary alicyclic amines) is 1. The molecule has 2 saturated heterocycles. The largest absolute Gasteiger partial charge is 0.390 e. The van der Waals surface area contributed by atoms with Gasteiger partial charge in [0.25, 0.3) is 0 Å². The number of β-amino-alcohol motifs (C(OH)–C–C–N with tert-alkyl or cyclic N) is 1. The Hall–Kier alpha value is -1.67. The molecule has 0 spiro atoms. The Morgan fingerprint density at radius 2 is 2.04 bits per heavy atom. The average Bonchev–Trinajstić information content (AvgIpc) is 3.02. The van der Waals surface area contributed by atoms with Crippen molar-refractivity contribution in [2.24, 2.45) is 0 Å². The maximum atomic E-state index is 12.5. The van der Waals surface area contributed by atoms with E-state index in [2.05, 4.69) is 10.2 Å². The number of morpholine rings is 1. The number of nitrogens with one attached hydrogen (secondary N) is 1. The normalized spacial score (nSPS) is 23.9. The summed E-state index contributed by atoms with van der Waals surface area (Å²) in [4.78, 5) is 28.4. The Bertz CT molecular complexity index is 678. The summed E-state index contributed by atoms with van der Waals surface area (Å²) in [7, 11) is 0. The summed E-state index contributed by atoms with van der Waals surface area (Å²) in [5, 5.41) is 13.6. The lowest BCUT2D eigenvalue weighted by molar-refractivity contribution is -0.134. The topological polar surface area (TPSA) is 82.1 Å². The molecule has 26 heavy (non-hydrogen) atoms. The number of aliphatic hydroxyl groups excluding tert-OH is 1. The molecule has 2 N–H and O–H groups in total. The second-order valence-electron chi connectivity index (χ2n) is 6.72. The number of ether oxygens (including phenoxy) is 1. The maximum Gasteiger partial charge on any atom is 0.233 e. The SMILES string of the molecule is Cc1c(Cl)cccc1NC(=O)CC(=O)N1C[C@H](O)[C@@H](N2CCOCC2)C1. The predicted octanol–water partition coefficient (Wildman–Crippen LogP) is 0.881. The predicted molar refractivity (Wildman–Crippen MR) is 98.2 cm³/mol. The van der Waals surface area contributed by atoms with Crippen molar-refractivity contribution in [3.8, 4) is 0 Å². The van der Waals surface area contributed by atoms with Gasteiger partial charge in [0.2, 0.25) is 11.8 Å². The van der Waals surface area contributed by atoms with Crippen molar-refractivity contribution in [3.05, 3.63) is 28.8 Å². The highest BCUT2D eigenvalue weighted by atomic mass is 35.5. The van der Waals surface area contributed by atoms with Gasteiger partial charge in [0.15, 0.2) is 0 Å². The summed E-state index contributed by atoms with van der Waals surface area (Å²) < 4.78 is 5.33. The van der Waals surface area contributed by atoms with Gasteiger partial charge in [-0.1, -0.05) is 17.7 Å². The van der Waals surface area contributed by atoms with Crippen LogP contribution in [0.5, 0.6) is 0 Å². The lowest BCUT2D eigenvalue weighted by Gasteiger charge is -2.33. The van der Waals surface area contributed by atoms with Crippen molar-refractivity contribution in [1.29, 1.82) is 0 Å². The lowest BCUT2D eigenvalue weighted by Crippen LogP contribution is -2.49. The molecule has 1 aromatic carbocycles. The molecule has 1 aromatic rings. The molecule has 0 radical (unpaired) electrons. The molecule has 3 rings (SSSR count). The number of hydrogen-bond donors (Lipinski definition) is 2. The minimum atomic E-state index is -0.602. The molecule has 2 heterocycles. The van der Waals surface area contributed by atoms with Crippen LogP contribution in [-0.4, -0.2) is 78.3 Å². The van der Waals surface area contributed by atoms with Crippen LogP contribution < -0.4 is 5.32 Å². The van der Waals surface area contributed by atoms with Crippen LogP contribution in [0, 0.1) is 6.92 Å². The molecule has 0 saturated carbocycles. The summed E-state index contributed by atoms with van der Waals surface area (Å²) in [5.41, 5.74) is 1.36. The van der Waals surface area contributed by atoms with Gasteiger partial charge in [-0.25, -0.2) is 0 Å². The third-order valence-electron chi connectivity index (χ3n) is 4.98. The van der Waals surface area contributed by atoms with E-state index in [0.717, 1.165) is 18.7 Å². The minimum absolute atomic E-state index is 0.0962. The van der Waals surface area contributed by atoms with Crippen molar-refractivity contribution in [2.75, 3.05) is 44.7 Å². The van der Waals surface area contributed by atoms with Gasteiger partial charge >= 0.3 is 0 Å². The molecule has 0 unspecified atom stereocenters. The number of amides is 2. The summed E-state index contributed by atoms with van der Waals surface area (Å²) in [5.74, 6) is -0.665. The molecule has 2 amide bonds.